The van der Waals surface area contributed by atoms with Crippen LogP contribution in [0.25, 0.3) is 0 Å². The Morgan fingerprint density at radius 3 is 1.38 bits per heavy atom. The van der Waals surface area contributed by atoms with Crippen LogP contribution in [0.2, 0.25) is 0 Å². The summed E-state index contributed by atoms with van der Waals surface area (Å²) in [5.41, 5.74) is -4.88. The highest BCUT2D eigenvalue weighted by molar-refractivity contribution is 5.79. The van der Waals surface area contributed by atoms with E-state index in [4.69, 9.17) is 0 Å². The topological polar surface area (TPSA) is 17.1 Å². The molecule has 0 aliphatic rings. The van der Waals surface area contributed by atoms with Gasteiger partial charge in [0.25, 0.3) is 5.67 Å². The van der Waals surface area contributed by atoms with Gasteiger partial charge in [-0.3, -0.25) is 4.79 Å². The number of carbonyl (C=O) groups is 1. The van der Waals surface area contributed by atoms with E-state index in [-0.39, 0.29) is 0 Å². The van der Waals surface area contributed by atoms with E-state index in [0.717, 1.165) is 0 Å². The highest BCUT2D eigenvalue weighted by Crippen LogP contribution is 2.45. The van der Waals surface area contributed by atoms with Gasteiger partial charge in [0.05, 0.1) is 0 Å². The van der Waals surface area contributed by atoms with Crippen molar-refractivity contribution in [1.82, 2.24) is 0 Å². The van der Waals surface area contributed by atoms with E-state index in [1.807, 2.05) is 0 Å². The van der Waals surface area contributed by atoms with Crippen LogP contribution in [0.1, 0.15) is 6.92 Å². The smallest absolute Gasteiger partial charge is 0.257 e. The molecule has 0 N–H and O–H groups in total. The molecular weight excluding hydrogens is 209 g/mol. The first kappa shape index (κ1) is 12.2. The molecule has 0 fully saturated rings. The molecule has 0 aromatic rings. The third kappa shape index (κ3) is 1.75. The van der Waals surface area contributed by atoms with Crippen LogP contribution in [0.15, 0.2) is 0 Å². The molecule has 0 radical (unpaired) electrons. The Balaban J connectivity index is 5.16. The molecule has 13 heavy (non-hydrogen) atoms. The Kier molecular flexibility index (Phi) is 2.67. The fourth-order valence-corrected chi connectivity index (χ4v) is 0.390. The lowest BCUT2D eigenvalue weighted by Crippen LogP contribution is -2.56. The maximum atomic E-state index is 12.3. The number of alkyl halides is 6. The van der Waals surface area contributed by atoms with Crippen LogP contribution in [0, 0.1) is 0 Å². The van der Waals surface area contributed by atoms with Crippen molar-refractivity contribution < 1.29 is 35.5 Å². The van der Waals surface area contributed by atoms with Crippen molar-refractivity contribution in [2.75, 3.05) is 0 Å². The van der Waals surface area contributed by atoms with E-state index in [1.54, 1.807) is 0 Å². The van der Waals surface area contributed by atoms with Crippen LogP contribution in [0.4, 0.5) is 30.7 Å². The van der Waals surface area contributed by atoms with E-state index in [0.29, 0.717) is 0 Å². The Hall–Kier alpha value is -0.820. The highest BCUT2D eigenvalue weighted by atomic mass is 19.4. The molecule has 0 amide bonds. The summed E-state index contributed by atoms with van der Waals surface area (Å²) in [6.07, 6.45) is -6.31. The minimum atomic E-state index is -6.31. The van der Waals surface area contributed by atoms with Gasteiger partial charge >= 0.3 is 18.1 Å². The second-order valence-corrected chi connectivity index (χ2v) is 2.35. The summed E-state index contributed by atoms with van der Waals surface area (Å²) in [6, 6.07) is -3.37. The fourth-order valence-electron chi connectivity index (χ4n) is 0.390. The van der Waals surface area contributed by atoms with Crippen molar-refractivity contribution in [2.24, 2.45) is 0 Å². The van der Waals surface area contributed by atoms with Crippen molar-refractivity contribution in [3.8, 4) is 0 Å². The zero-order chi connectivity index (χ0) is 11.1. The van der Waals surface area contributed by atoms with Gasteiger partial charge in [-0.15, -0.1) is 0 Å². The monoisotopic (exact) mass is 212 g/mol. The molecule has 1 unspecified atom stereocenters. The molecule has 8 heteroatoms. The van der Waals surface area contributed by atoms with Gasteiger partial charge in [-0.1, -0.05) is 0 Å². The zero-order valence-electron chi connectivity index (χ0n) is 6.05. The summed E-state index contributed by atoms with van der Waals surface area (Å²) in [5.74, 6) is -6.04. The van der Waals surface area contributed by atoms with E-state index >= 15 is 0 Å². The van der Waals surface area contributed by atoms with Gasteiger partial charge in [-0.2, -0.15) is 26.3 Å². The standard InChI is InChI=1S/C5H3F7O/c1-3(7,2(6)13)4(8,9)5(10,11)12/h1H3. The molecule has 78 valence electrons. The van der Waals surface area contributed by atoms with Gasteiger partial charge in [0, 0.05) is 0 Å². The fraction of sp³-hybridized carbons (Fsp3) is 0.800. The van der Waals surface area contributed by atoms with E-state index in [1.165, 1.54) is 0 Å². The lowest BCUT2D eigenvalue weighted by atomic mass is 10.0. The first-order chi connectivity index (χ1) is 5.44. The highest BCUT2D eigenvalue weighted by Gasteiger charge is 2.72. The molecule has 1 atom stereocenters. The second-order valence-electron chi connectivity index (χ2n) is 2.35. The van der Waals surface area contributed by atoms with Crippen molar-refractivity contribution in [3.05, 3.63) is 0 Å². The minimum absolute atomic E-state index is 0.469. The maximum Gasteiger partial charge on any atom is 0.457 e. The molecule has 0 rings (SSSR count). The number of carbonyl (C=O) groups excluding carboxylic acids is 1. The van der Waals surface area contributed by atoms with Crippen LogP contribution in [0.5, 0.6) is 0 Å². The number of hydrogen-bond acceptors (Lipinski definition) is 1. The van der Waals surface area contributed by atoms with Crippen LogP contribution >= 0.6 is 0 Å². The predicted octanol–water partition coefficient (Wildman–Crippen LogP) is 2.41. The Labute approximate surface area is 67.5 Å². The molecule has 0 bridgehead atoms. The molecule has 0 aromatic heterocycles. The summed E-state index contributed by atoms with van der Waals surface area (Å²) in [5, 5.41) is 0. The Morgan fingerprint density at radius 2 is 1.31 bits per heavy atom. The summed E-state index contributed by atoms with van der Waals surface area (Å²) >= 11 is 0. The molecule has 0 aliphatic carbocycles. The lowest BCUT2D eigenvalue weighted by Gasteiger charge is -2.27. The summed E-state index contributed by atoms with van der Waals surface area (Å²) in [6.45, 7) is -0.469. The molecular formula is C5H3F7O. The van der Waals surface area contributed by atoms with Gasteiger partial charge in [-0.25, -0.2) is 4.39 Å². The maximum absolute atomic E-state index is 12.3. The lowest BCUT2D eigenvalue weighted by molar-refractivity contribution is -0.319. The van der Waals surface area contributed by atoms with Gasteiger partial charge in [-0.05, 0) is 6.92 Å². The molecule has 0 heterocycles. The average molecular weight is 212 g/mol. The molecule has 1 nitrogen and oxygen atoms in total. The number of hydrogen-bond donors (Lipinski definition) is 0. The van der Waals surface area contributed by atoms with E-state index in [9.17, 15) is 35.5 Å². The number of halogens is 7. The predicted molar refractivity (Wildman–Crippen MR) is 26.6 cm³/mol. The Bertz CT molecular complexity index is 215. The zero-order valence-corrected chi connectivity index (χ0v) is 6.05. The first-order valence-electron chi connectivity index (χ1n) is 2.78. The van der Waals surface area contributed by atoms with Crippen molar-refractivity contribution >= 4 is 6.04 Å². The average Bonchev–Trinajstić information content (AvgIpc) is 1.84. The SMILES string of the molecule is CC(F)(C(=O)F)C(F)(F)C(F)(F)F. The molecule has 0 aromatic carbocycles. The molecule has 0 spiro atoms. The minimum Gasteiger partial charge on any atom is -0.257 e. The van der Waals surface area contributed by atoms with Crippen molar-refractivity contribution in [2.45, 2.75) is 24.7 Å². The normalized spacial score (nSPS) is 18.2. The quantitative estimate of drug-likeness (QED) is 0.507. The molecule has 0 aliphatic heterocycles. The third-order valence-electron chi connectivity index (χ3n) is 1.31. The van der Waals surface area contributed by atoms with Gasteiger partial charge in [0.2, 0.25) is 0 Å². The third-order valence-corrected chi connectivity index (χ3v) is 1.31. The van der Waals surface area contributed by atoms with Crippen molar-refractivity contribution in [1.29, 1.82) is 0 Å². The van der Waals surface area contributed by atoms with E-state index < -0.39 is 30.7 Å². The molecule has 0 saturated heterocycles. The summed E-state index contributed by atoms with van der Waals surface area (Å²) < 4.78 is 81.9. The van der Waals surface area contributed by atoms with Crippen molar-refractivity contribution in [3.63, 3.8) is 0 Å². The van der Waals surface area contributed by atoms with Crippen LogP contribution in [0.3, 0.4) is 0 Å². The summed E-state index contributed by atoms with van der Waals surface area (Å²) in [4.78, 5) is 9.54. The van der Waals surface area contributed by atoms with Gasteiger partial charge in [0.15, 0.2) is 0 Å². The number of rotatable bonds is 2. The van der Waals surface area contributed by atoms with E-state index in [2.05, 4.69) is 0 Å². The van der Waals surface area contributed by atoms with Gasteiger partial charge < -0.3 is 0 Å². The van der Waals surface area contributed by atoms with Crippen LogP contribution in [-0.4, -0.2) is 23.8 Å². The summed E-state index contributed by atoms with van der Waals surface area (Å²) in [7, 11) is 0. The Morgan fingerprint density at radius 1 is 1.00 bits per heavy atom. The van der Waals surface area contributed by atoms with Crippen LogP contribution in [-0.2, 0) is 4.79 Å². The first-order valence-corrected chi connectivity index (χ1v) is 2.78. The van der Waals surface area contributed by atoms with Crippen LogP contribution < -0.4 is 0 Å². The molecule has 0 saturated carbocycles. The van der Waals surface area contributed by atoms with Gasteiger partial charge in [0.1, 0.15) is 0 Å². The second kappa shape index (κ2) is 2.85. The largest absolute Gasteiger partial charge is 0.457 e.